The highest BCUT2D eigenvalue weighted by atomic mass is 19.3. The molecule has 1 atom stereocenters. The van der Waals surface area contributed by atoms with E-state index < -0.39 is 12.2 Å². The maximum atomic E-state index is 14.9. The lowest BCUT2D eigenvalue weighted by Gasteiger charge is -2.22. The van der Waals surface area contributed by atoms with Crippen LogP contribution in [0.4, 0.5) is 17.6 Å². The molecule has 0 amide bonds. The first-order valence-electron chi connectivity index (χ1n) is 13.3. The van der Waals surface area contributed by atoms with Crippen molar-refractivity contribution in [3.05, 3.63) is 94.5 Å². The highest BCUT2D eigenvalue weighted by molar-refractivity contribution is 5.40. The first-order chi connectivity index (χ1) is 18.6. The highest BCUT2D eigenvalue weighted by Crippen LogP contribution is 2.37. The fourth-order valence-electron chi connectivity index (χ4n) is 4.35. The van der Waals surface area contributed by atoms with E-state index in [1.165, 1.54) is 49.4 Å². The third kappa shape index (κ3) is 8.44. The Labute approximate surface area is 227 Å². The molecule has 3 aromatic rings. The highest BCUT2D eigenvalue weighted by Gasteiger charge is 2.36. The summed E-state index contributed by atoms with van der Waals surface area (Å²) in [6.07, 6.45) is -2.53. The number of ether oxygens (including phenoxy) is 2. The van der Waals surface area contributed by atoms with Gasteiger partial charge in [-0.1, -0.05) is 44.0 Å². The number of aliphatic hydroxyl groups is 2. The molecule has 4 nitrogen and oxygen atoms in total. The first kappa shape index (κ1) is 30.4. The van der Waals surface area contributed by atoms with Crippen molar-refractivity contribution < 1.29 is 37.2 Å². The van der Waals surface area contributed by atoms with Crippen molar-refractivity contribution in [2.24, 2.45) is 0 Å². The van der Waals surface area contributed by atoms with Crippen LogP contribution in [0.25, 0.3) is 0 Å². The summed E-state index contributed by atoms with van der Waals surface area (Å²) < 4.78 is 69.3. The van der Waals surface area contributed by atoms with Crippen molar-refractivity contribution in [2.75, 3.05) is 13.2 Å². The lowest BCUT2D eigenvalue weighted by Crippen LogP contribution is -2.23. The number of rotatable bonds is 15. The summed E-state index contributed by atoms with van der Waals surface area (Å²) in [7, 11) is 0. The molecule has 212 valence electrons. The lowest BCUT2D eigenvalue weighted by atomic mass is 9.94. The number of hydrogen-bond acceptors (Lipinski definition) is 4. The molecular weight excluding hydrogens is 512 g/mol. The van der Waals surface area contributed by atoms with Crippen LogP contribution in [0.2, 0.25) is 0 Å². The Morgan fingerprint density at radius 3 is 1.95 bits per heavy atom. The van der Waals surface area contributed by atoms with E-state index in [2.05, 4.69) is 0 Å². The molecule has 39 heavy (non-hydrogen) atoms. The Hall–Kier alpha value is -3.10. The van der Waals surface area contributed by atoms with E-state index in [1.54, 1.807) is 24.3 Å². The predicted octanol–water partition coefficient (Wildman–Crippen LogP) is 7.83. The van der Waals surface area contributed by atoms with Gasteiger partial charge in [0.2, 0.25) is 0 Å². The molecule has 0 bridgehead atoms. The summed E-state index contributed by atoms with van der Waals surface area (Å²) in [4.78, 5) is 0. The second-order valence-corrected chi connectivity index (χ2v) is 9.69. The summed E-state index contributed by atoms with van der Waals surface area (Å²) in [6.45, 7) is 3.53. The number of aryl methyl sites for hydroxylation is 2. The van der Waals surface area contributed by atoms with Gasteiger partial charge in [-0.3, -0.25) is 0 Å². The Balaban J connectivity index is 1.65. The maximum absolute atomic E-state index is 14.9. The molecule has 0 aliphatic heterocycles. The minimum Gasteiger partial charge on any atom is -0.429 e. The van der Waals surface area contributed by atoms with Crippen LogP contribution in [0, 0.1) is 6.92 Å². The van der Waals surface area contributed by atoms with E-state index in [9.17, 15) is 22.7 Å². The van der Waals surface area contributed by atoms with Crippen molar-refractivity contribution in [1.29, 1.82) is 0 Å². The average molecular weight is 549 g/mol. The molecule has 0 aliphatic rings. The third-order valence-electron chi connectivity index (χ3n) is 6.62. The molecule has 1 unspecified atom stereocenters. The van der Waals surface area contributed by atoms with Crippen LogP contribution in [-0.4, -0.2) is 23.4 Å². The molecule has 0 aliphatic carbocycles. The van der Waals surface area contributed by atoms with Crippen LogP contribution in [0.1, 0.15) is 72.8 Å². The Bertz CT molecular complexity index is 1160. The van der Waals surface area contributed by atoms with Crippen LogP contribution < -0.4 is 9.47 Å². The Morgan fingerprint density at radius 1 is 0.769 bits per heavy atom. The SMILES string of the molecule is CCCC(CO)c1ccc(C(F)(F)Oc2ccc(OC(F)(F)c3ccc(CCCCCO)cc3)cc2C)cc1. The quantitative estimate of drug-likeness (QED) is 0.150. The zero-order chi connectivity index (χ0) is 28.5. The molecular formula is C31H36F4O4. The van der Waals surface area contributed by atoms with Gasteiger partial charge in [-0.2, -0.15) is 17.6 Å². The second-order valence-electron chi connectivity index (χ2n) is 9.69. The maximum Gasteiger partial charge on any atom is 0.426 e. The average Bonchev–Trinajstić information content (AvgIpc) is 2.91. The summed E-state index contributed by atoms with van der Waals surface area (Å²) in [6, 6.07) is 15.1. The van der Waals surface area contributed by atoms with E-state index in [4.69, 9.17) is 14.6 Å². The third-order valence-corrected chi connectivity index (χ3v) is 6.62. The van der Waals surface area contributed by atoms with Crippen molar-refractivity contribution in [1.82, 2.24) is 0 Å². The Kier molecular flexibility index (Phi) is 10.8. The van der Waals surface area contributed by atoms with Gasteiger partial charge in [0.1, 0.15) is 11.5 Å². The standard InChI is InChI=1S/C31H36F4O4/c1-3-7-25(21-37)24-11-15-27(16-12-24)31(34,35)39-29-18-17-28(20-22(29)2)38-30(32,33)26-13-9-23(10-14-26)8-5-4-6-19-36/h9-18,20,25,36-37H,3-8,19,21H2,1-2H3. The summed E-state index contributed by atoms with van der Waals surface area (Å²) in [5, 5.41) is 18.4. The molecule has 0 saturated carbocycles. The van der Waals surface area contributed by atoms with Gasteiger partial charge >= 0.3 is 12.2 Å². The van der Waals surface area contributed by atoms with Gasteiger partial charge in [0.05, 0.1) is 11.1 Å². The fraction of sp³-hybridized carbons (Fsp3) is 0.419. The van der Waals surface area contributed by atoms with E-state index >= 15 is 0 Å². The minimum atomic E-state index is -3.66. The number of halogens is 4. The van der Waals surface area contributed by atoms with Gasteiger partial charge in [-0.15, -0.1) is 0 Å². The molecule has 8 heteroatoms. The molecule has 0 spiro atoms. The van der Waals surface area contributed by atoms with Crippen LogP contribution in [0.15, 0.2) is 66.7 Å². The number of benzene rings is 3. The number of hydrogen-bond donors (Lipinski definition) is 2. The fourth-order valence-corrected chi connectivity index (χ4v) is 4.35. The summed E-state index contributed by atoms with van der Waals surface area (Å²) in [5.74, 6) is -0.465. The molecule has 2 N–H and O–H groups in total. The van der Waals surface area contributed by atoms with Crippen LogP contribution >= 0.6 is 0 Å². The van der Waals surface area contributed by atoms with Gasteiger partial charge in [-0.05, 0) is 91.8 Å². The van der Waals surface area contributed by atoms with Crippen molar-refractivity contribution >= 4 is 0 Å². The minimum absolute atomic E-state index is 0.0653. The zero-order valence-electron chi connectivity index (χ0n) is 22.3. The number of unbranched alkanes of at least 4 members (excludes halogenated alkanes) is 2. The van der Waals surface area contributed by atoms with Crippen LogP contribution in [0.5, 0.6) is 11.5 Å². The summed E-state index contributed by atoms with van der Waals surface area (Å²) in [5.41, 5.74) is 1.21. The van der Waals surface area contributed by atoms with Crippen molar-refractivity contribution in [3.8, 4) is 11.5 Å². The summed E-state index contributed by atoms with van der Waals surface area (Å²) >= 11 is 0. The number of aliphatic hydroxyl groups excluding tert-OH is 2. The molecule has 0 aromatic heterocycles. The van der Waals surface area contributed by atoms with E-state index in [0.717, 1.165) is 43.2 Å². The van der Waals surface area contributed by atoms with E-state index in [1.807, 2.05) is 6.92 Å². The molecule has 3 aromatic carbocycles. The van der Waals surface area contributed by atoms with E-state index in [0.29, 0.717) is 6.42 Å². The van der Waals surface area contributed by atoms with Crippen molar-refractivity contribution in [2.45, 2.75) is 70.5 Å². The van der Waals surface area contributed by atoms with Crippen LogP contribution in [0.3, 0.4) is 0 Å². The van der Waals surface area contributed by atoms with Gasteiger partial charge in [-0.25, -0.2) is 0 Å². The normalized spacial score (nSPS) is 12.8. The van der Waals surface area contributed by atoms with Crippen LogP contribution in [-0.2, 0) is 18.6 Å². The first-order valence-corrected chi connectivity index (χ1v) is 13.3. The monoisotopic (exact) mass is 548 g/mol. The molecule has 0 heterocycles. The van der Waals surface area contributed by atoms with E-state index in [-0.39, 0.29) is 47.3 Å². The Morgan fingerprint density at radius 2 is 1.38 bits per heavy atom. The topological polar surface area (TPSA) is 58.9 Å². The predicted molar refractivity (Wildman–Crippen MR) is 142 cm³/mol. The van der Waals surface area contributed by atoms with Gasteiger partial charge in [0.25, 0.3) is 0 Å². The number of alkyl halides is 4. The zero-order valence-corrected chi connectivity index (χ0v) is 22.3. The van der Waals surface area contributed by atoms with Crippen molar-refractivity contribution in [3.63, 3.8) is 0 Å². The van der Waals surface area contributed by atoms with Gasteiger partial charge < -0.3 is 19.7 Å². The smallest absolute Gasteiger partial charge is 0.426 e. The molecule has 0 radical (unpaired) electrons. The van der Waals surface area contributed by atoms with Gasteiger partial charge in [0, 0.05) is 19.1 Å². The molecule has 0 saturated heterocycles. The lowest BCUT2D eigenvalue weighted by molar-refractivity contribution is -0.188. The molecule has 3 rings (SSSR count). The molecule has 0 fully saturated rings. The second kappa shape index (κ2) is 13.8. The van der Waals surface area contributed by atoms with Gasteiger partial charge in [0.15, 0.2) is 0 Å². The largest absolute Gasteiger partial charge is 0.429 e.